The van der Waals surface area contributed by atoms with Gasteiger partial charge >= 0.3 is 0 Å². The molecule has 0 aromatic heterocycles. The molecule has 1 unspecified atom stereocenters. The maximum atomic E-state index is 5.55. The van der Waals surface area contributed by atoms with Crippen molar-refractivity contribution in [1.29, 1.82) is 0 Å². The molecule has 1 aromatic rings. The number of ether oxygens (including phenoxy) is 1. The molecule has 0 amide bonds. The van der Waals surface area contributed by atoms with Crippen molar-refractivity contribution in [3.63, 3.8) is 0 Å². The summed E-state index contributed by atoms with van der Waals surface area (Å²) in [7, 11) is 8.07. The number of nitrogens with zero attached hydrogens (tertiary/aromatic N) is 2. The maximum absolute atomic E-state index is 5.55. The average molecular weight is 279 g/mol. The second-order valence-electron chi connectivity index (χ2n) is 5.40. The van der Waals surface area contributed by atoms with E-state index in [9.17, 15) is 0 Å². The Morgan fingerprint density at radius 2 is 1.90 bits per heavy atom. The predicted octanol–water partition coefficient (Wildman–Crippen LogP) is 2.36. The lowest BCUT2D eigenvalue weighted by molar-refractivity contribution is 0.401. The van der Waals surface area contributed by atoms with Crippen molar-refractivity contribution < 1.29 is 4.74 Å². The number of hydrogen-bond donors (Lipinski definition) is 1. The quantitative estimate of drug-likeness (QED) is 0.790. The van der Waals surface area contributed by atoms with Crippen molar-refractivity contribution in [2.24, 2.45) is 0 Å². The van der Waals surface area contributed by atoms with Gasteiger partial charge in [0.25, 0.3) is 0 Å². The summed E-state index contributed by atoms with van der Waals surface area (Å²) in [6.45, 7) is 7.28. The third-order valence-corrected chi connectivity index (χ3v) is 3.50. The van der Waals surface area contributed by atoms with Gasteiger partial charge in [-0.25, -0.2) is 0 Å². The number of likely N-dealkylation sites (N-methyl/N-ethyl adjacent to an activating group) is 2. The summed E-state index contributed by atoms with van der Waals surface area (Å²) in [5, 5.41) is 3.48. The summed E-state index contributed by atoms with van der Waals surface area (Å²) in [6.07, 6.45) is 0. The van der Waals surface area contributed by atoms with Gasteiger partial charge in [-0.1, -0.05) is 13.0 Å². The summed E-state index contributed by atoms with van der Waals surface area (Å²) in [4.78, 5) is 4.50. The van der Waals surface area contributed by atoms with Gasteiger partial charge in [0.2, 0.25) is 0 Å². The van der Waals surface area contributed by atoms with E-state index in [0.717, 1.165) is 25.4 Å². The molecule has 0 saturated heterocycles. The topological polar surface area (TPSA) is 27.7 Å². The molecule has 20 heavy (non-hydrogen) atoms. The van der Waals surface area contributed by atoms with Crippen molar-refractivity contribution in [2.45, 2.75) is 19.9 Å². The first-order chi connectivity index (χ1) is 9.51. The van der Waals surface area contributed by atoms with Crippen LogP contribution in [-0.2, 0) is 0 Å². The van der Waals surface area contributed by atoms with Gasteiger partial charge in [0.05, 0.1) is 7.11 Å². The van der Waals surface area contributed by atoms with Gasteiger partial charge in [-0.2, -0.15) is 0 Å². The van der Waals surface area contributed by atoms with Crippen LogP contribution in [0.15, 0.2) is 18.2 Å². The SMILES string of the molecule is CCNC(C)c1c(OC)cccc1N(C)CCN(C)C. The van der Waals surface area contributed by atoms with Crippen molar-refractivity contribution >= 4 is 5.69 Å². The lowest BCUT2D eigenvalue weighted by atomic mass is 10.0. The van der Waals surface area contributed by atoms with Crippen LogP contribution < -0.4 is 15.0 Å². The highest BCUT2D eigenvalue weighted by molar-refractivity contribution is 5.60. The van der Waals surface area contributed by atoms with Gasteiger partial charge in [0.1, 0.15) is 5.75 Å². The molecule has 0 fully saturated rings. The van der Waals surface area contributed by atoms with E-state index in [1.165, 1.54) is 11.3 Å². The second-order valence-corrected chi connectivity index (χ2v) is 5.40. The minimum atomic E-state index is 0.271. The molecule has 4 nitrogen and oxygen atoms in total. The largest absolute Gasteiger partial charge is 0.496 e. The van der Waals surface area contributed by atoms with Crippen molar-refractivity contribution in [3.05, 3.63) is 23.8 Å². The van der Waals surface area contributed by atoms with Crippen molar-refractivity contribution in [3.8, 4) is 5.75 Å². The predicted molar refractivity (Wildman–Crippen MR) is 86.9 cm³/mol. The Morgan fingerprint density at radius 1 is 1.20 bits per heavy atom. The first kappa shape index (κ1) is 16.8. The summed E-state index contributed by atoms with van der Waals surface area (Å²) in [5.74, 6) is 0.952. The molecule has 4 heteroatoms. The number of benzene rings is 1. The number of anilines is 1. The third-order valence-electron chi connectivity index (χ3n) is 3.50. The van der Waals surface area contributed by atoms with Gasteiger partial charge in [0.15, 0.2) is 0 Å². The molecule has 1 atom stereocenters. The van der Waals surface area contributed by atoms with Crippen LogP contribution in [-0.4, -0.2) is 52.8 Å². The minimum Gasteiger partial charge on any atom is -0.496 e. The first-order valence-electron chi connectivity index (χ1n) is 7.27. The number of rotatable bonds is 8. The zero-order chi connectivity index (χ0) is 15.1. The fraction of sp³-hybridized carbons (Fsp3) is 0.625. The molecular formula is C16H29N3O. The van der Waals surface area contributed by atoms with E-state index in [1.54, 1.807) is 7.11 Å². The van der Waals surface area contributed by atoms with E-state index in [2.05, 4.69) is 62.2 Å². The molecule has 0 heterocycles. The summed E-state index contributed by atoms with van der Waals surface area (Å²) in [6, 6.07) is 6.53. The van der Waals surface area contributed by atoms with E-state index in [0.29, 0.717) is 0 Å². The van der Waals surface area contributed by atoms with Crippen LogP contribution in [0, 0.1) is 0 Å². The molecule has 1 aromatic carbocycles. The van der Waals surface area contributed by atoms with E-state index < -0.39 is 0 Å². The van der Waals surface area contributed by atoms with Crippen LogP contribution in [0.2, 0.25) is 0 Å². The average Bonchev–Trinajstić information content (AvgIpc) is 2.43. The fourth-order valence-electron chi connectivity index (χ4n) is 2.36. The number of methoxy groups -OCH3 is 1. The van der Waals surface area contributed by atoms with E-state index >= 15 is 0 Å². The molecule has 0 aliphatic rings. The third kappa shape index (κ3) is 4.39. The molecule has 0 saturated carbocycles. The molecule has 0 aliphatic carbocycles. The summed E-state index contributed by atoms with van der Waals surface area (Å²) in [5.41, 5.74) is 2.47. The van der Waals surface area contributed by atoms with Gasteiger partial charge in [-0.3, -0.25) is 0 Å². The molecule has 0 aliphatic heterocycles. The molecule has 114 valence electrons. The smallest absolute Gasteiger partial charge is 0.125 e. The second kappa shape index (κ2) is 8.12. The van der Waals surface area contributed by atoms with Crippen LogP contribution in [0.3, 0.4) is 0 Å². The van der Waals surface area contributed by atoms with Gasteiger partial charge in [0, 0.05) is 37.4 Å². The van der Waals surface area contributed by atoms with Crippen LogP contribution in [0.1, 0.15) is 25.5 Å². The van der Waals surface area contributed by atoms with Crippen LogP contribution in [0.25, 0.3) is 0 Å². The lowest BCUT2D eigenvalue weighted by Crippen LogP contribution is -2.30. The molecular weight excluding hydrogens is 250 g/mol. The van der Waals surface area contributed by atoms with Gasteiger partial charge in [-0.05, 0) is 39.7 Å². The first-order valence-corrected chi connectivity index (χ1v) is 7.27. The number of nitrogens with one attached hydrogen (secondary N) is 1. The van der Waals surface area contributed by atoms with Crippen LogP contribution in [0.4, 0.5) is 5.69 Å². The Balaban J connectivity index is 3.04. The minimum absolute atomic E-state index is 0.271. The van der Waals surface area contributed by atoms with Crippen LogP contribution >= 0.6 is 0 Å². The van der Waals surface area contributed by atoms with Crippen LogP contribution in [0.5, 0.6) is 5.75 Å². The van der Waals surface area contributed by atoms with Crippen molar-refractivity contribution in [2.75, 3.05) is 52.8 Å². The van der Waals surface area contributed by atoms with E-state index in [-0.39, 0.29) is 6.04 Å². The molecule has 0 bridgehead atoms. The summed E-state index contributed by atoms with van der Waals surface area (Å²) >= 11 is 0. The van der Waals surface area contributed by atoms with E-state index in [1.807, 2.05) is 6.07 Å². The molecule has 0 radical (unpaired) electrons. The molecule has 0 spiro atoms. The Bertz CT molecular complexity index is 407. The monoisotopic (exact) mass is 279 g/mol. The normalized spacial score (nSPS) is 12.6. The van der Waals surface area contributed by atoms with Gasteiger partial charge < -0.3 is 19.9 Å². The standard InChI is InChI=1S/C16H29N3O/c1-7-17-13(2)16-14(9-8-10-15(16)20-6)19(5)12-11-18(3)4/h8-10,13,17H,7,11-12H2,1-6H3. The summed E-state index contributed by atoms with van der Waals surface area (Å²) < 4.78 is 5.55. The maximum Gasteiger partial charge on any atom is 0.125 e. The zero-order valence-corrected chi connectivity index (χ0v) is 13.7. The van der Waals surface area contributed by atoms with Crippen molar-refractivity contribution in [1.82, 2.24) is 10.2 Å². The Labute approximate surface area is 123 Å². The zero-order valence-electron chi connectivity index (χ0n) is 13.7. The van der Waals surface area contributed by atoms with E-state index in [4.69, 9.17) is 4.74 Å². The highest BCUT2D eigenvalue weighted by atomic mass is 16.5. The molecule has 1 rings (SSSR count). The Morgan fingerprint density at radius 3 is 2.45 bits per heavy atom. The molecule has 1 N–H and O–H groups in total. The Kier molecular flexibility index (Phi) is 6.82. The highest BCUT2D eigenvalue weighted by Gasteiger charge is 2.17. The van der Waals surface area contributed by atoms with Gasteiger partial charge in [-0.15, -0.1) is 0 Å². The number of hydrogen-bond acceptors (Lipinski definition) is 4. The lowest BCUT2D eigenvalue weighted by Gasteiger charge is -2.28. The Hall–Kier alpha value is -1.26. The highest BCUT2D eigenvalue weighted by Crippen LogP contribution is 2.34. The fourth-order valence-corrected chi connectivity index (χ4v) is 2.36.